The van der Waals surface area contributed by atoms with Crippen LogP contribution in [0.15, 0.2) is 47.4 Å². The number of anilines is 1. The quantitative estimate of drug-likeness (QED) is 0.491. The zero-order valence-corrected chi connectivity index (χ0v) is 20.7. The Morgan fingerprint density at radius 3 is 2.63 bits per heavy atom. The maximum Gasteiger partial charge on any atom is 0.249 e. The number of nitrogens with one attached hydrogen (secondary N) is 2. The van der Waals surface area contributed by atoms with Crippen molar-refractivity contribution in [3.05, 3.63) is 59.3 Å². The lowest BCUT2D eigenvalue weighted by atomic mass is 10.0. The summed E-state index contributed by atoms with van der Waals surface area (Å²) in [4.78, 5) is 24.9. The Morgan fingerprint density at radius 2 is 1.89 bits per heavy atom. The second-order valence-corrected chi connectivity index (χ2v) is 9.96. The lowest BCUT2D eigenvalue weighted by molar-refractivity contribution is -0.116. The van der Waals surface area contributed by atoms with Crippen molar-refractivity contribution in [3.63, 3.8) is 0 Å². The molecule has 0 atom stereocenters. The van der Waals surface area contributed by atoms with Gasteiger partial charge in [0.15, 0.2) is 0 Å². The van der Waals surface area contributed by atoms with Crippen molar-refractivity contribution in [1.29, 1.82) is 0 Å². The fourth-order valence-electron chi connectivity index (χ4n) is 4.07. The minimum absolute atomic E-state index is 0.0593. The molecular formula is C25H28N4O5S. The monoisotopic (exact) mass is 496 g/mol. The molecule has 4 rings (SSSR count). The molecule has 10 heteroatoms. The van der Waals surface area contributed by atoms with E-state index in [-0.39, 0.29) is 41.9 Å². The number of rotatable bonds is 8. The number of sulfonamides is 1. The Bertz CT molecular complexity index is 1390. The predicted molar refractivity (Wildman–Crippen MR) is 132 cm³/mol. The highest BCUT2D eigenvalue weighted by Gasteiger charge is 2.28. The molecule has 0 spiro atoms. The number of aromatic nitrogens is 2. The van der Waals surface area contributed by atoms with Gasteiger partial charge >= 0.3 is 0 Å². The van der Waals surface area contributed by atoms with Gasteiger partial charge in [-0.05, 0) is 43.5 Å². The number of para-hydroxylation sites is 1. The molecule has 9 nitrogen and oxygen atoms in total. The number of amides is 1. The molecule has 184 valence electrons. The molecule has 2 aromatic carbocycles. The van der Waals surface area contributed by atoms with Crippen molar-refractivity contribution >= 4 is 27.7 Å². The van der Waals surface area contributed by atoms with Gasteiger partial charge in [0, 0.05) is 30.5 Å². The third-order valence-electron chi connectivity index (χ3n) is 5.84. The summed E-state index contributed by atoms with van der Waals surface area (Å²) in [5.41, 5.74) is 2.99. The van der Waals surface area contributed by atoms with Crippen LogP contribution in [0.25, 0.3) is 11.1 Å². The smallest absolute Gasteiger partial charge is 0.249 e. The number of nitrogens with zero attached hydrogens (tertiary/aromatic N) is 2. The van der Waals surface area contributed by atoms with Crippen molar-refractivity contribution in [2.75, 3.05) is 11.9 Å². The normalized spacial score (nSPS) is 13.8. The fourth-order valence-corrected chi connectivity index (χ4v) is 5.35. The zero-order valence-electron chi connectivity index (χ0n) is 19.9. The number of hydrogen-bond acceptors (Lipinski definition) is 6. The first-order valence-corrected chi connectivity index (χ1v) is 13.0. The van der Waals surface area contributed by atoms with Gasteiger partial charge in [-0.2, -0.15) is 9.78 Å². The van der Waals surface area contributed by atoms with Gasteiger partial charge in [0.05, 0.1) is 17.2 Å². The van der Waals surface area contributed by atoms with Gasteiger partial charge in [0.25, 0.3) is 0 Å². The standard InChI is InChI=1S/C25H28N4O5S/c1-4-19-24(25-27-22(30)12-13-23(31)29(25)28-19)17-11-10-16(3)21(14-17)35(32,33)26-15-18-8-6-7-9-20(18)34-5-2/h6-11,14,26H,4-5,12-13,15H2,1-3H3,(H,27,30). The average molecular weight is 497 g/mol. The van der Waals surface area contributed by atoms with Crippen LogP contribution < -0.4 is 14.8 Å². The van der Waals surface area contributed by atoms with Crippen LogP contribution in [0, 0.1) is 6.92 Å². The first-order valence-electron chi connectivity index (χ1n) is 11.5. The van der Waals surface area contributed by atoms with E-state index in [1.54, 1.807) is 31.2 Å². The van der Waals surface area contributed by atoms with E-state index in [1.165, 1.54) is 4.68 Å². The number of fused-ring (bicyclic) bond motifs is 1. The second-order valence-electron chi connectivity index (χ2n) is 8.22. The van der Waals surface area contributed by atoms with Gasteiger partial charge in [-0.15, -0.1) is 0 Å². The van der Waals surface area contributed by atoms with Crippen molar-refractivity contribution < 1.29 is 22.7 Å². The maximum absolute atomic E-state index is 13.3. The molecule has 1 aliphatic heterocycles. The summed E-state index contributed by atoms with van der Waals surface area (Å²) in [6, 6.07) is 12.3. The van der Waals surface area contributed by atoms with E-state index in [1.807, 2.05) is 32.0 Å². The van der Waals surface area contributed by atoms with Gasteiger partial charge < -0.3 is 10.1 Å². The van der Waals surface area contributed by atoms with Gasteiger partial charge in [-0.3, -0.25) is 9.59 Å². The number of benzene rings is 2. The fraction of sp³-hybridized carbons (Fsp3) is 0.320. The lowest BCUT2D eigenvalue weighted by Gasteiger charge is -2.14. The van der Waals surface area contributed by atoms with E-state index in [4.69, 9.17) is 4.74 Å². The molecule has 0 saturated carbocycles. The van der Waals surface area contributed by atoms with Crippen molar-refractivity contribution in [3.8, 4) is 16.9 Å². The Hall–Kier alpha value is -3.50. The molecule has 2 heterocycles. The Labute approximate surface area is 204 Å². The molecule has 2 N–H and O–H groups in total. The molecule has 0 radical (unpaired) electrons. The highest BCUT2D eigenvalue weighted by atomic mass is 32.2. The highest BCUT2D eigenvalue weighted by molar-refractivity contribution is 7.89. The molecule has 0 bridgehead atoms. The molecule has 1 amide bonds. The summed E-state index contributed by atoms with van der Waals surface area (Å²) in [5, 5.41) is 7.19. The van der Waals surface area contributed by atoms with Crippen LogP contribution in [0.1, 0.15) is 48.3 Å². The molecule has 0 saturated heterocycles. The van der Waals surface area contributed by atoms with Gasteiger partial charge in [-0.25, -0.2) is 13.1 Å². The third kappa shape index (κ3) is 4.98. The summed E-state index contributed by atoms with van der Waals surface area (Å²) in [6.45, 7) is 6.02. The second kappa shape index (κ2) is 10.0. The molecule has 1 aromatic heterocycles. The van der Waals surface area contributed by atoms with Crippen LogP contribution in [0.2, 0.25) is 0 Å². The largest absolute Gasteiger partial charge is 0.494 e. The van der Waals surface area contributed by atoms with Crippen molar-refractivity contribution in [1.82, 2.24) is 14.5 Å². The number of hydrogen-bond donors (Lipinski definition) is 2. The molecule has 1 aliphatic rings. The van der Waals surface area contributed by atoms with Crippen LogP contribution in [0.4, 0.5) is 5.82 Å². The third-order valence-corrected chi connectivity index (χ3v) is 7.39. The Balaban J connectivity index is 1.72. The first-order chi connectivity index (χ1) is 16.7. The minimum Gasteiger partial charge on any atom is -0.494 e. The Kier molecular flexibility index (Phi) is 7.04. The van der Waals surface area contributed by atoms with Crippen LogP contribution in [0.5, 0.6) is 5.75 Å². The molecule has 0 aliphatic carbocycles. The number of carbonyl (C=O) groups excluding carboxylic acids is 2. The summed E-state index contributed by atoms with van der Waals surface area (Å²) >= 11 is 0. The van der Waals surface area contributed by atoms with E-state index in [2.05, 4.69) is 15.1 Å². The molecular weight excluding hydrogens is 468 g/mol. The highest BCUT2D eigenvalue weighted by Crippen LogP contribution is 2.35. The number of carbonyl (C=O) groups is 2. The van der Waals surface area contributed by atoms with E-state index in [0.717, 1.165) is 5.56 Å². The van der Waals surface area contributed by atoms with Crippen LogP contribution in [0.3, 0.4) is 0 Å². The Morgan fingerprint density at radius 1 is 1.11 bits per heavy atom. The average Bonchev–Trinajstić information content (AvgIpc) is 3.14. The van der Waals surface area contributed by atoms with E-state index in [0.29, 0.717) is 41.2 Å². The topological polar surface area (TPSA) is 119 Å². The molecule has 0 fully saturated rings. The van der Waals surface area contributed by atoms with Gasteiger partial charge in [0.2, 0.25) is 21.8 Å². The SMILES string of the molecule is CCOc1ccccc1CNS(=O)(=O)c1cc(-c2c(CC)nn3c2NC(=O)CCC3=O)ccc1C. The first kappa shape index (κ1) is 24.6. The minimum atomic E-state index is -3.89. The summed E-state index contributed by atoms with van der Waals surface area (Å²) < 4.78 is 36.1. The van der Waals surface area contributed by atoms with Crippen molar-refractivity contribution in [2.24, 2.45) is 0 Å². The molecule has 35 heavy (non-hydrogen) atoms. The van der Waals surface area contributed by atoms with Crippen LogP contribution in [-0.2, 0) is 27.8 Å². The van der Waals surface area contributed by atoms with Crippen LogP contribution in [-0.4, -0.2) is 36.6 Å². The zero-order chi connectivity index (χ0) is 25.2. The van der Waals surface area contributed by atoms with Crippen LogP contribution >= 0.6 is 0 Å². The number of ether oxygens (including phenoxy) is 1. The summed E-state index contributed by atoms with van der Waals surface area (Å²) in [7, 11) is -3.89. The maximum atomic E-state index is 13.3. The number of aryl methyl sites for hydroxylation is 2. The molecule has 3 aromatic rings. The van der Waals surface area contributed by atoms with E-state index >= 15 is 0 Å². The predicted octanol–water partition coefficient (Wildman–Crippen LogP) is 3.67. The van der Waals surface area contributed by atoms with Crippen molar-refractivity contribution in [2.45, 2.75) is 51.5 Å². The van der Waals surface area contributed by atoms with Gasteiger partial charge in [-0.1, -0.05) is 37.3 Å². The van der Waals surface area contributed by atoms with E-state index in [9.17, 15) is 18.0 Å². The lowest BCUT2D eigenvalue weighted by Crippen LogP contribution is -2.24. The molecule has 0 unspecified atom stereocenters. The van der Waals surface area contributed by atoms with Gasteiger partial charge in [0.1, 0.15) is 11.6 Å². The van der Waals surface area contributed by atoms with E-state index < -0.39 is 10.0 Å². The summed E-state index contributed by atoms with van der Waals surface area (Å²) in [6.07, 6.45) is 0.633. The summed E-state index contributed by atoms with van der Waals surface area (Å²) in [5.74, 6) is 0.336.